The summed E-state index contributed by atoms with van der Waals surface area (Å²) in [6.45, 7) is 1.30. The van der Waals surface area contributed by atoms with E-state index in [2.05, 4.69) is 15.9 Å². The number of amides is 1. The van der Waals surface area contributed by atoms with Crippen LogP contribution in [-0.2, 0) is 4.79 Å². The smallest absolute Gasteiger partial charge is 0.303 e. The highest BCUT2D eigenvalue weighted by Gasteiger charge is 2.26. The normalized spacial score (nSPS) is 18.3. The van der Waals surface area contributed by atoms with Gasteiger partial charge in [0.25, 0.3) is 5.91 Å². The second kappa shape index (κ2) is 6.74. The number of furan rings is 1. The topological polar surface area (TPSA) is 70.8 Å². The average molecular weight is 380 g/mol. The van der Waals surface area contributed by atoms with E-state index in [-0.39, 0.29) is 18.2 Å². The van der Waals surface area contributed by atoms with E-state index >= 15 is 0 Å². The first-order chi connectivity index (χ1) is 11.0. The third-order valence-corrected chi connectivity index (χ3v) is 4.76. The van der Waals surface area contributed by atoms with Gasteiger partial charge in [0, 0.05) is 29.4 Å². The van der Waals surface area contributed by atoms with E-state index in [1.165, 1.54) is 0 Å². The number of carboxylic acids is 1. The van der Waals surface area contributed by atoms with Gasteiger partial charge in [-0.05, 0) is 49.4 Å². The predicted molar refractivity (Wildman–Crippen MR) is 89.4 cm³/mol. The second-order valence-electron chi connectivity index (χ2n) is 5.98. The van der Waals surface area contributed by atoms with E-state index in [4.69, 9.17) is 9.52 Å². The number of hydrogen-bond donors (Lipinski definition) is 1. The van der Waals surface area contributed by atoms with Crippen LogP contribution < -0.4 is 0 Å². The molecule has 2 heterocycles. The van der Waals surface area contributed by atoms with Gasteiger partial charge in [0.05, 0.1) is 0 Å². The quantitative estimate of drug-likeness (QED) is 0.873. The van der Waals surface area contributed by atoms with Crippen LogP contribution in [0.3, 0.4) is 0 Å². The number of hydrogen-bond acceptors (Lipinski definition) is 3. The predicted octanol–water partition coefficient (Wildman–Crippen LogP) is 3.91. The molecular formula is C17H18BrNO4. The van der Waals surface area contributed by atoms with Crippen LogP contribution in [0.2, 0.25) is 0 Å². The minimum absolute atomic E-state index is 0.114. The van der Waals surface area contributed by atoms with E-state index in [0.717, 1.165) is 22.7 Å². The van der Waals surface area contributed by atoms with E-state index < -0.39 is 5.97 Å². The number of aliphatic carboxylic acids is 1. The first kappa shape index (κ1) is 16.1. The Morgan fingerprint density at radius 2 is 2.17 bits per heavy atom. The molecule has 0 aliphatic carbocycles. The number of carboxylic acid groups (broad SMARTS) is 1. The number of piperidine rings is 1. The van der Waals surface area contributed by atoms with Crippen molar-refractivity contribution in [2.45, 2.75) is 25.7 Å². The summed E-state index contributed by atoms with van der Waals surface area (Å²) in [6, 6.07) is 7.40. The molecule has 2 aromatic rings. The van der Waals surface area contributed by atoms with E-state index in [1.54, 1.807) is 11.0 Å². The van der Waals surface area contributed by atoms with Crippen LogP contribution in [0.4, 0.5) is 0 Å². The van der Waals surface area contributed by atoms with Crippen molar-refractivity contribution in [1.29, 1.82) is 0 Å². The van der Waals surface area contributed by atoms with Gasteiger partial charge in [-0.2, -0.15) is 0 Å². The zero-order chi connectivity index (χ0) is 16.4. The summed E-state index contributed by atoms with van der Waals surface area (Å²) in [5, 5.41) is 9.69. The maximum Gasteiger partial charge on any atom is 0.303 e. The fourth-order valence-corrected chi connectivity index (χ4v) is 3.47. The van der Waals surface area contributed by atoms with Gasteiger partial charge in [-0.15, -0.1) is 0 Å². The zero-order valence-corrected chi connectivity index (χ0v) is 14.2. The molecule has 1 atom stereocenters. The molecule has 0 spiro atoms. The molecule has 0 saturated carbocycles. The standard InChI is InChI=1S/C17H18BrNO4/c18-13-4-5-14-12(8-13)9-15(23-14)17(22)19-7-1-2-11(10-19)3-6-16(20)21/h4-5,8-9,11H,1-3,6-7,10H2,(H,20,21)/t11-/m1/s1. The van der Waals surface area contributed by atoms with Gasteiger partial charge in [-0.1, -0.05) is 15.9 Å². The molecule has 0 unspecified atom stereocenters. The Morgan fingerprint density at radius 1 is 1.35 bits per heavy atom. The summed E-state index contributed by atoms with van der Waals surface area (Å²) in [5.41, 5.74) is 0.691. The Kier molecular flexibility index (Phi) is 4.71. The van der Waals surface area contributed by atoms with Crippen LogP contribution in [0.1, 0.15) is 36.2 Å². The first-order valence-corrected chi connectivity index (χ1v) is 8.52. The van der Waals surface area contributed by atoms with Gasteiger partial charge >= 0.3 is 5.97 Å². The molecule has 1 aliphatic rings. The minimum Gasteiger partial charge on any atom is -0.481 e. The lowest BCUT2D eigenvalue weighted by molar-refractivity contribution is -0.137. The van der Waals surface area contributed by atoms with Crippen molar-refractivity contribution in [2.24, 2.45) is 5.92 Å². The van der Waals surface area contributed by atoms with Crippen LogP contribution in [0, 0.1) is 5.92 Å². The van der Waals surface area contributed by atoms with Crippen LogP contribution in [0.25, 0.3) is 11.0 Å². The number of rotatable bonds is 4. The molecule has 1 N–H and O–H groups in total. The van der Waals surface area contributed by atoms with Gasteiger partial charge in [0.1, 0.15) is 5.58 Å². The van der Waals surface area contributed by atoms with Gasteiger partial charge in [0.2, 0.25) is 0 Å². The van der Waals surface area contributed by atoms with Crippen molar-refractivity contribution < 1.29 is 19.1 Å². The Bertz CT molecular complexity index is 739. The minimum atomic E-state index is -0.781. The van der Waals surface area contributed by atoms with Gasteiger partial charge < -0.3 is 14.4 Å². The number of likely N-dealkylation sites (tertiary alicyclic amines) is 1. The SMILES string of the molecule is O=C(O)CC[C@H]1CCCN(C(=O)c2cc3cc(Br)ccc3o2)C1. The summed E-state index contributed by atoms with van der Waals surface area (Å²) >= 11 is 3.41. The largest absolute Gasteiger partial charge is 0.481 e. The van der Waals surface area contributed by atoms with Crippen molar-refractivity contribution in [3.05, 3.63) is 34.5 Å². The molecule has 0 radical (unpaired) electrons. The van der Waals surface area contributed by atoms with Gasteiger partial charge in [-0.25, -0.2) is 0 Å². The summed E-state index contributed by atoms with van der Waals surface area (Å²) in [4.78, 5) is 25.1. The fraction of sp³-hybridized carbons (Fsp3) is 0.412. The molecule has 1 aromatic heterocycles. The molecule has 5 nitrogen and oxygen atoms in total. The molecule has 3 rings (SSSR count). The van der Waals surface area contributed by atoms with Gasteiger partial charge in [0.15, 0.2) is 5.76 Å². The highest BCUT2D eigenvalue weighted by Crippen LogP contribution is 2.26. The Hall–Kier alpha value is -1.82. The van der Waals surface area contributed by atoms with Crippen LogP contribution >= 0.6 is 15.9 Å². The van der Waals surface area contributed by atoms with E-state index in [0.29, 0.717) is 30.9 Å². The zero-order valence-electron chi connectivity index (χ0n) is 12.6. The molecule has 1 saturated heterocycles. The molecule has 1 aliphatic heterocycles. The molecular weight excluding hydrogens is 362 g/mol. The van der Waals surface area contributed by atoms with E-state index in [9.17, 15) is 9.59 Å². The first-order valence-electron chi connectivity index (χ1n) is 7.73. The molecule has 23 heavy (non-hydrogen) atoms. The third-order valence-electron chi connectivity index (χ3n) is 4.26. The summed E-state index contributed by atoms with van der Waals surface area (Å²) in [7, 11) is 0. The Morgan fingerprint density at radius 3 is 2.96 bits per heavy atom. The maximum atomic E-state index is 12.6. The lowest BCUT2D eigenvalue weighted by Crippen LogP contribution is -2.39. The molecule has 0 bridgehead atoms. The van der Waals surface area contributed by atoms with Crippen molar-refractivity contribution in [1.82, 2.24) is 4.90 Å². The number of benzene rings is 1. The Balaban J connectivity index is 1.71. The third kappa shape index (κ3) is 3.75. The number of halogens is 1. The number of carbonyl (C=O) groups excluding carboxylic acids is 1. The number of fused-ring (bicyclic) bond motifs is 1. The Labute approximate surface area is 142 Å². The summed E-state index contributed by atoms with van der Waals surface area (Å²) in [6.07, 6.45) is 2.66. The average Bonchev–Trinajstić information content (AvgIpc) is 2.95. The summed E-state index contributed by atoms with van der Waals surface area (Å²) in [5.74, 6) is -0.298. The van der Waals surface area contributed by atoms with Crippen LogP contribution in [0.5, 0.6) is 0 Å². The lowest BCUT2D eigenvalue weighted by atomic mass is 9.93. The molecule has 1 amide bonds. The highest BCUT2D eigenvalue weighted by atomic mass is 79.9. The van der Waals surface area contributed by atoms with Crippen molar-refractivity contribution >= 4 is 38.8 Å². The molecule has 1 fully saturated rings. The summed E-state index contributed by atoms with van der Waals surface area (Å²) < 4.78 is 6.61. The molecule has 6 heteroatoms. The van der Waals surface area contributed by atoms with E-state index in [1.807, 2.05) is 18.2 Å². The highest BCUT2D eigenvalue weighted by molar-refractivity contribution is 9.10. The van der Waals surface area contributed by atoms with Crippen molar-refractivity contribution in [3.63, 3.8) is 0 Å². The van der Waals surface area contributed by atoms with Crippen molar-refractivity contribution in [2.75, 3.05) is 13.1 Å². The van der Waals surface area contributed by atoms with Crippen molar-refractivity contribution in [3.8, 4) is 0 Å². The monoisotopic (exact) mass is 379 g/mol. The lowest BCUT2D eigenvalue weighted by Gasteiger charge is -2.32. The number of carbonyl (C=O) groups is 2. The van der Waals surface area contributed by atoms with Gasteiger partial charge in [-0.3, -0.25) is 9.59 Å². The van der Waals surface area contributed by atoms with Crippen LogP contribution in [-0.4, -0.2) is 35.0 Å². The number of nitrogens with zero attached hydrogens (tertiary/aromatic N) is 1. The second-order valence-corrected chi connectivity index (χ2v) is 6.90. The van der Waals surface area contributed by atoms with Crippen LogP contribution in [0.15, 0.2) is 33.2 Å². The maximum absolute atomic E-state index is 12.6. The molecule has 1 aromatic carbocycles. The fourth-order valence-electron chi connectivity index (χ4n) is 3.09. The molecule has 122 valence electrons.